The third-order valence-corrected chi connectivity index (χ3v) is 7.08. The number of ether oxygens (including phenoxy) is 1. The number of benzene rings is 3. The highest BCUT2D eigenvalue weighted by Crippen LogP contribution is 2.24. The maximum absolute atomic E-state index is 13.1. The number of rotatable bonds is 8. The van der Waals surface area contributed by atoms with E-state index in [0.717, 1.165) is 6.42 Å². The fourth-order valence-electron chi connectivity index (χ4n) is 3.97. The number of hydrogen-bond acceptors (Lipinski definition) is 5. The van der Waals surface area contributed by atoms with E-state index in [-0.39, 0.29) is 16.7 Å². The predicted octanol–water partition coefficient (Wildman–Crippen LogP) is 4.13. The summed E-state index contributed by atoms with van der Waals surface area (Å²) < 4.78 is 33.4. The molecule has 0 saturated carbocycles. The van der Waals surface area contributed by atoms with Gasteiger partial charge < -0.3 is 15.0 Å². The number of para-hydroxylation sites is 1. The van der Waals surface area contributed by atoms with Crippen LogP contribution in [0.15, 0.2) is 83.8 Å². The van der Waals surface area contributed by atoms with Crippen LogP contribution in [0.4, 0.5) is 11.4 Å². The molecule has 4 rings (SSSR count). The second kappa shape index (κ2) is 10.6. The van der Waals surface area contributed by atoms with Gasteiger partial charge in [-0.2, -0.15) is 0 Å². The monoisotopic (exact) mass is 493 g/mol. The molecule has 1 fully saturated rings. The largest absolute Gasteiger partial charge is 0.494 e. The number of amides is 2. The summed E-state index contributed by atoms with van der Waals surface area (Å²) in [7, 11) is -3.84. The summed E-state index contributed by atoms with van der Waals surface area (Å²) in [6.07, 6.45) is 1.29. The van der Waals surface area contributed by atoms with Crippen molar-refractivity contribution in [2.45, 2.75) is 30.7 Å². The number of sulfonamides is 1. The van der Waals surface area contributed by atoms with Crippen molar-refractivity contribution in [2.24, 2.45) is 0 Å². The summed E-state index contributed by atoms with van der Waals surface area (Å²) in [5.41, 5.74) is 1.40. The van der Waals surface area contributed by atoms with Gasteiger partial charge in [-0.15, -0.1) is 0 Å². The number of hydrogen-bond donors (Lipinski definition) is 2. The molecule has 1 unspecified atom stereocenters. The Kier molecular flexibility index (Phi) is 7.36. The average Bonchev–Trinajstić information content (AvgIpc) is 3.36. The molecule has 1 aliphatic heterocycles. The van der Waals surface area contributed by atoms with Gasteiger partial charge in [0.05, 0.1) is 11.5 Å². The van der Waals surface area contributed by atoms with Crippen LogP contribution in [0.2, 0.25) is 0 Å². The van der Waals surface area contributed by atoms with Gasteiger partial charge in [0, 0.05) is 23.5 Å². The smallest absolute Gasteiger partial charge is 0.261 e. The quantitative estimate of drug-likeness (QED) is 0.491. The molecular weight excluding hydrogens is 466 g/mol. The van der Waals surface area contributed by atoms with Gasteiger partial charge in [0.2, 0.25) is 5.91 Å². The Morgan fingerprint density at radius 2 is 1.63 bits per heavy atom. The summed E-state index contributed by atoms with van der Waals surface area (Å²) in [4.78, 5) is 27.5. The molecule has 0 aromatic heterocycles. The van der Waals surface area contributed by atoms with E-state index < -0.39 is 16.1 Å². The van der Waals surface area contributed by atoms with E-state index in [0.29, 0.717) is 42.3 Å². The summed E-state index contributed by atoms with van der Waals surface area (Å²) in [6.45, 7) is 2.85. The SMILES string of the molecule is CCOc1ccc(NS(=O)(=O)c2ccc(C(=O)N3CCCC3C(=O)Nc3ccccc3)cc2)cc1. The highest BCUT2D eigenvalue weighted by atomic mass is 32.2. The molecule has 3 aromatic rings. The minimum Gasteiger partial charge on any atom is -0.494 e. The van der Waals surface area contributed by atoms with E-state index in [1.165, 1.54) is 24.3 Å². The van der Waals surface area contributed by atoms with Crippen LogP contribution in [-0.4, -0.2) is 44.3 Å². The molecule has 8 nitrogen and oxygen atoms in total. The summed E-state index contributed by atoms with van der Waals surface area (Å²) in [5.74, 6) is 0.107. The molecule has 1 atom stereocenters. The third kappa shape index (κ3) is 5.81. The Bertz CT molecular complexity index is 1280. The average molecular weight is 494 g/mol. The fraction of sp³-hybridized carbons (Fsp3) is 0.231. The van der Waals surface area contributed by atoms with Crippen molar-refractivity contribution in [3.63, 3.8) is 0 Å². The Labute approximate surface area is 205 Å². The number of nitrogens with one attached hydrogen (secondary N) is 2. The van der Waals surface area contributed by atoms with Gasteiger partial charge in [0.1, 0.15) is 11.8 Å². The van der Waals surface area contributed by atoms with E-state index in [2.05, 4.69) is 10.0 Å². The molecule has 0 spiro atoms. The van der Waals surface area contributed by atoms with Crippen LogP contribution < -0.4 is 14.8 Å². The maximum atomic E-state index is 13.1. The van der Waals surface area contributed by atoms with E-state index >= 15 is 0 Å². The van der Waals surface area contributed by atoms with Gasteiger partial charge in [0.15, 0.2) is 0 Å². The minimum absolute atomic E-state index is 0.0303. The van der Waals surface area contributed by atoms with Crippen LogP contribution in [0.5, 0.6) is 5.75 Å². The Morgan fingerprint density at radius 1 is 0.943 bits per heavy atom. The van der Waals surface area contributed by atoms with Crippen LogP contribution >= 0.6 is 0 Å². The minimum atomic E-state index is -3.84. The zero-order chi connectivity index (χ0) is 24.8. The Morgan fingerprint density at radius 3 is 2.29 bits per heavy atom. The lowest BCUT2D eigenvalue weighted by molar-refractivity contribution is -0.119. The first-order chi connectivity index (χ1) is 16.9. The Balaban J connectivity index is 1.43. The Hall–Kier alpha value is -3.85. The van der Waals surface area contributed by atoms with Gasteiger partial charge >= 0.3 is 0 Å². The fourth-order valence-corrected chi connectivity index (χ4v) is 5.03. The standard InChI is InChI=1S/C26H27N3O5S/c1-2-34-22-14-12-21(13-15-22)28-35(32,33)23-16-10-19(11-17-23)26(31)29-18-6-9-24(29)25(30)27-20-7-4-3-5-8-20/h3-5,7-8,10-17,24,28H,2,6,9,18H2,1H3,(H,27,30). The first-order valence-corrected chi connectivity index (χ1v) is 12.9. The van der Waals surface area contributed by atoms with Crippen molar-refractivity contribution in [2.75, 3.05) is 23.2 Å². The number of likely N-dealkylation sites (tertiary alicyclic amines) is 1. The molecule has 0 radical (unpaired) electrons. The van der Waals surface area contributed by atoms with Gasteiger partial charge in [-0.1, -0.05) is 18.2 Å². The normalized spacial score (nSPS) is 15.5. The van der Waals surface area contributed by atoms with Gasteiger partial charge in [-0.05, 0) is 80.4 Å². The molecule has 9 heteroatoms. The number of anilines is 2. The van der Waals surface area contributed by atoms with Crippen molar-refractivity contribution in [1.29, 1.82) is 0 Å². The molecule has 35 heavy (non-hydrogen) atoms. The lowest BCUT2D eigenvalue weighted by Crippen LogP contribution is -2.43. The van der Waals surface area contributed by atoms with Crippen LogP contribution in [0.3, 0.4) is 0 Å². The highest BCUT2D eigenvalue weighted by Gasteiger charge is 2.34. The molecule has 2 N–H and O–H groups in total. The van der Waals surface area contributed by atoms with Crippen molar-refractivity contribution >= 4 is 33.2 Å². The van der Waals surface area contributed by atoms with E-state index in [9.17, 15) is 18.0 Å². The zero-order valence-electron chi connectivity index (χ0n) is 19.3. The number of carbonyl (C=O) groups excluding carboxylic acids is 2. The van der Waals surface area contributed by atoms with Crippen LogP contribution in [0.1, 0.15) is 30.1 Å². The lowest BCUT2D eigenvalue weighted by atomic mass is 10.1. The van der Waals surface area contributed by atoms with Crippen LogP contribution in [0, 0.1) is 0 Å². The van der Waals surface area contributed by atoms with Crippen molar-refractivity contribution < 1.29 is 22.7 Å². The molecule has 1 saturated heterocycles. The number of carbonyl (C=O) groups is 2. The van der Waals surface area contributed by atoms with Gasteiger partial charge in [0.25, 0.3) is 15.9 Å². The highest BCUT2D eigenvalue weighted by molar-refractivity contribution is 7.92. The van der Waals surface area contributed by atoms with Gasteiger partial charge in [-0.25, -0.2) is 8.42 Å². The van der Waals surface area contributed by atoms with Crippen molar-refractivity contribution in [1.82, 2.24) is 4.90 Å². The third-order valence-electron chi connectivity index (χ3n) is 5.69. The summed E-state index contributed by atoms with van der Waals surface area (Å²) in [5, 5.41) is 2.85. The predicted molar refractivity (Wildman–Crippen MR) is 134 cm³/mol. The molecule has 2 amide bonds. The van der Waals surface area contributed by atoms with E-state index in [1.54, 1.807) is 41.3 Å². The van der Waals surface area contributed by atoms with Crippen LogP contribution in [-0.2, 0) is 14.8 Å². The number of nitrogens with zero attached hydrogens (tertiary/aromatic N) is 1. The first-order valence-electron chi connectivity index (χ1n) is 11.4. The molecule has 1 aliphatic rings. The molecule has 1 heterocycles. The van der Waals surface area contributed by atoms with E-state index in [4.69, 9.17) is 4.74 Å². The molecular formula is C26H27N3O5S. The second-order valence-corrected chi connectivity index (χ2v) is 9.78. The molecule has 0 aliphatic carbocycles. The zero-order valence-corrected chi connectivity index (χ0v) is 20.1. The molecule has 182 valence electrons. The maximum Gasteiger partial charge on any atom is 0.261 e. The summed E-state index contributed by atoms with van der Waals surface area (Å²) in [6, 6.07) is 20.8. The molecule has 3 aromatic carbocycles. The summed E-state index contributed by atoms with van der Waals surface area (Å²) >= 11 is 0. The van der Waals surface area contributed by atoms with Crippen LogP contribution in [0.25, 0.3) is 0 Å². The molecule has 0 bridgehead atoms. The topological polar surface area (TPSA) is 105 Å². The lowest BCUT2D eigenvalue weighted by Gasteiger charge is -2.24. The van der Waals surface area contributed by atoms with Crippen molar-refractivity contribution in [3.8, 4) is 5.75 Å². The first kappa shape index (κ1) is 24.3. The van der Waals surface area contributed by atoms with E-state index in [1.807, 2.05) is 25.1 Å². The second-order valence-electron chi connectivity index (χ2n) is 8.10. The van der Waals surface area contributed by atoms with Crippen molar-refractivity contribution in [3.05, 3.63) is 84.4 Å². The van der Waals surface area contributed by atoms with Gasteiger partial charge in [-0.3, -0.25) is 14.3 Å².